The van der Waals surface area contributed by atoms with Crippen molar-refractivity contribution in [1.82, 2.24) is 5.32 Å². The van der Waals surface area contributed by atoms with Crippen molar-refractivity contribution >= 4 is 17.2 Å². The first kappa shape index (κ1) is 13.8. The standard InChI is InChI=1S/C13H18N2OS/c1-9(2)10(3)15-13(16)12-7-6-11(17-12)5-4-8-14/h6-7,9-10H,8,14H2,1-3H3,(H,15,16). The van der Waals surface area contributed by atoms with Crippen molar-refractivity contribution in [3.8, 4) is 11.8 Å². The summed E-state index contributed by atoms with van der Waals surface area (Å²) in [6, 6.07) is 3.82. The molecule has 0 aliphatic rings. The second-order valence-electron chi connectivity index (χ2n) is 4.18. The third-order valence-corrected chi connectivity index (χ3v) is 3.50. The molecule has 0 fully saturated rings. The molecule has 1 rings (SSSR count). The molecule has 0 saturated heterocycles. The van der Waals surface area contributed by atoms with Crippen LogP contribution in [0.5, 0.6) is 0 Å². The third-order valence-electron chi connectivity index (χ3n) is 2.50. The zero-order chi connectivity index (χ0) is 12.8. The van der Waals surface area contributed by atoms with Crippen LogP contribution in [0.15, 0.2) is 12.1 Å². The van der Waals surface area contributed by atoms with Crippen LogP contribution in [-0.4, -0.2) is 18.5 Å². The van der Waals surface area contributed by atoms with Crippen LogP contribution in [0.25, 0.3) is 0 Å². The summed E-state index contributed by atoms with van der Waals surface area (Å²) in [5.74, 6) is 6.09. The molecule has 1 aromatic heterocycles. The lowest BCUT2D eigenvalue weighted by Crippen LogP contribution is -2.35. The first-order chi connectivity index (χ1) is 8.04. The largest absolute Gasteiger partial charge is 0.349 e. The summed E-state index contributed by atoms with van der Waals surface area (Å²) in [7, 11) is 0. The van der Waals surface area contributed by atoms with Crippen LogP contribution in [0.1, 0.15) is 35.3 Å². The average molecular weight is 250 g/mol. The Bertz CT molecular complexity index is 440. The maximum absolute atomic E-state index is 11.9. The topological polar surface area (TPSA) is 55.1 Å². The van der Waals surface area contributed by atoms with Gasteiger partial charge in [-0.15, -0.1) is 11.3 Å². The number of carbonyl (C=O) groups is 1. The maximum Gasteiger partial charge on any atom is 0.261 e. The zero-order valence-electron chi connectivity index (χ0n) is 10.4. The van der Waals surface area contributed by atoms with Crippen LogP contribution < -0.4 is 11.1 Å². The van der Waals surface area contributed by atoms with E-state index in [1.54, 1.807) is 6.07 Å². The van der Waals surface area contributed by atoms with E-state index in [2.05, 4.69) is 31.0 Å². The van der Waals surface area contributed by atoms with Gasteiger partial charge in [0.1, 0.15) is 0 Å². The smallest absolute Gasteiger partial charge is 0.261 e. The minimum atomic E-state index is -0.0306. The number of thiophene rings is 1. The third kappa shape index (κ3) is 4.22. The van der Waals surface area contributed by atoms with E-state index in [1.807, 2.05) is 13.0 Å². The molecular weight excluding hydrogens is 232 g/mol. The van der Waals surface area contributed by atoms with E-state index in [0.29, 0.717) is 17.3 Å². The Balaban J connectivity index is 2.67. The Kier molecular flexibility index (Phi) is 5.20. The van der Waals surface area contributed by atoms with Crippen LogP contribution in [0.4, 0.5) is 0 Å². The van der Waals surface area contributed by atoms with E-state index in [9.17, 15) is 4.79 Å². The molecule has 0 bridgehead atoms. The van der Waals surface area contributed by atoms with Gasteiger partial charge in [0, 0.05) is 6.04 Å². The second-order valence-corrected chi connectivity index (χ2v) is 5.26. The van der Waals surface area contributed by atoms with E-state index in [-0.39, 0.29) is 11.9 Å². The Morgan fingerprint density at radius 1 is 1.47 bits per heavy atom. The highest BCUT2D eigenvalue weighted by Crippen LogP contribution is 2.15. The fourth-order valence-corrected chi connectivity index (χ4v) is 1.89. The minimum absolute atomic E-state index is 0.0306. The fraction of sp³-hybridized carbons (Fsp3) is 0.462. The summed E-state index contributed by atoms with van der Waals surface area (Å²) in [6.45, 7) is 6.50. The summed E-state index contributed by atoms with van der Waals surface area (Å²) < 4.78 is 0. The fourth-order valence-electron chi connectivity index (χ4n) is 1.11. The highest BCUT2D eigenvalue weighted by atomic mass is 32.1. The molecule has 0 radical (unpaired) electrons. The molecule has 1 amide bonds. The molecule has 0 saturated carbocycles. The van der Waals surface area contributed by atoms with Gasteiger partial charge in [0.2, 0.25) is 0 Å². The first-order valence-electron chi connectivity index (χ1n) is 5.64. The predicted octanol–water partition coefficient (Wildman–Crippen LogP) is 1.83. The van der Waals surface area contributed by atoms with Crippen molar-refractivity contribution in [2.75, 3.05) is 6.54 Å². The monoisotopic (exact) mass is 250 g/mol. The lowest BCUT2D eigenvalue weighted by Gasteiger charge is -2.16. The Labute approximate surface area is 106 Å². The molecule has 0 aliphatic heterocycles. The van der Waals surface area contributed by atoms with Gasteiger partial charge in [-0.3, -0.25) is 4.79 Å². The van der Waals surface area contributed by atoms with E-state index in [1.165, 1.54) is 11.3 Å². The van der Waals surface area contributed by atoms with E-state index >= 15 is 0 Å². The van der Waals surface area contributed by atoms with E-state index < -0.39 is 0 Å². The van der Waals surface area contributed by atoms with Crippen molar-refractivity contribution in [3.05, 3.63) is 21.9 Å². The molecule has 3 nitrogen and oxygen atoms in total. The van der Waals surface area contributed by atoms with Crippen LogP contribution in [0.2, 0.25) is 0 Å². The normalized spacial score (nSPS) is 11.8. The molecule has 1 unspecified atom stereocenters. The van der Waals surface area contributed by atoms with E-state index in [0.717, 1.165) is 4.88 Å². The Morgan fingerprint density at radius 3 is 2.76 bits per heavy atom. The number of hydrogen-bond donors (Lipinski definition) is 2. The minimum Gasteiger partial charge on any atom is -0.349 e. The van der Waals surface area contributed by atoms with Crippen molar-refractivity contribution in [3.63, 3.8) is 0 Å². The molecule has 0 spiro atoms. The van der Waals surface area contributed by atoms with Crippen molar-refractivity contribution in [2.45, 2.75) is 26.8 Å². The van der Waals surface area contributed by atoms with Gasteiger partial charge < -0.3 is 11.1 Å². The van der Waals surface area contributed by atoms with Crippen molar-refractivity contribution in [1.29, 1.82) is 0 Å². The zero-order valence-corrected chi connectivity index (χ0v) is 11.2. The number of hydrogen-bond acceptors (Lipinski definition) is 3. The van der Waals surface area contributed by atoms with Crippen molar-refractivity contribution < 1.29 is 4.79 Å². The van der Waals surface area contributed by atoms with Gasteiger partial charge in [0.25, 0.3) is 5.91 Å². The highest BCUT2D eigenvalue weighted by molar-refractivity contribution is 7.14. The van der Waals surface area contributed by atoms with Gasteiger partial charge in [-0.1, -0.05) is 25.7 Å². The van der Waals surface area contributed by atoms with Gasteiger partial charge in [-0.05, 0) is 25.0 Å². The lowest BCUT2D eigenvalue weighted by atomic mass is 10.1. The number of carbonyl (C=O) groups excluding carboxylic acids is 1. The number of rotatable bonds is 3. The second kappa shape index (κ2) is 6.43. The first-order valence-corrected chi connectivity index (χ1v) is 6.46. The molecule has 1 heterocycles. The SMILES string of the molecule is CC(C)C(C)NC(=O)c1ccc(C#CCN)s1. The molecule has 4 heteroatoms. The number of nitrogens with one attached hydrogen (secondary N) is 1. The van der Waals surface area contributed by atoms with Crippen LogP contribution in [-0.2, 0) is 0 Å². The van der Waals surface area contributed by atoms with E-state index in [4.69, 9.17) is 5.73 Å². The number of nitrogens with two attached hydrogens (primary N) is 1. The molecule has 0 aliphatic carbocycles. The predicted molar refractivity (Wildman–Crippen MR) is 72.0 cm³/mol. The summed E-state index contributed by atoms with van der Waals surface area (Å²) in [5, 5.41) is 2.96. The molecule has 1 atom stereocenters. The molecule has 3 N–H and O–H groups in total. The van der Waals surface area contributed by atoms with Gasteiger partial charge in [0.05, 0.1) is 16.3 Å². The molecule has 0 aromatic carbocycles. The summed E-state index contributed by atoms with van der Waals surface area (Å²) in [4.78, 5) is 13.4. The van der Waals surface area contributed by atoms with Crippen molar-refractivity contribution in [2.24, 2.45) is 11.7 Å². The van der Waals surface area contributed by atoms with Gasteiger partial charge in [-0.25, -0.2) is 0 Å². The maximum atomic E-state index is 11.9. The Hall–Kier alpha value is -1.31. The van der Waals surface area contributed by atoms with Crippen LogP contribution in [0.3, 0.4) is 0 Å². The lowest BCUT2D eigenvalue weighted by molar-refractivity contribution is 0.0934. The van der Waals surface area contributed by atoms with Gasteiger partial charge >= 0.3 is 0 Å². The summed E-state index contributed by atoms with van der Waals surface area (Å²) in [6.07, 6.45) is 0. The Morgan fingerprint density at radius 2 is 2.18 bits per heavy atom. The average Bonchev–Trinajstić information content (AvgIpc) is 2.74. The molecular formula is C13H18N2OS. The number of amides is 1. The van der Waals surface area contributed by atoms with Crippen LogP contribution >= 0.6 is 11.3 Å². The molecule has 1 aromatic rings. The molecule has 17 heavy (non-hydrogen) atoms. The highest BCUT2D eigenvalue weighted by Gasteiger charge is 2.13. The summed E-state index contributed by atoms with van der Waals surface area (Å²) in [5.41, 5.74) is 5.29. The van der Waals surface area contributed by atoms with Gasteiger partial charge in [0.15, 0.2) is 0 Å². The molecule has 92 valence electrons. The quantitative estimate of drug-likeness (QED) is 0.804. The van der Waals surface area contributed by atoms with Crippen LogP contribution in [0, 0.1) is 17.8 Å². The summed E-state index contributed by atoms with van der Waals surface area (Å²) >= 11 is 1.39. The van der Waals surface area contributed by atoms with Gasteiger partial charge in [-0.2, -0.15) is 0 Å².